The van der Waals surface area contributed by atoms with E-state index in [0.717, 1.165) is 15.7 Å². The molecule has 40 heavy (non-hydrogen) atoms. The van der Waals surface area contributed by atoms with Crippen LogP contribution >= 0.6 is 39.0 Å². The number of allylic oxidation sites excluding steroid dienone is 3. The Morgan fingerprint density at radius 2 is 2.08 bits per heavy atom. The van der Waals surface area contributed by atoms with E-state index in [1.165, 1.54) is 23.1 Å². The van der Waals surface area contributed by atoms with Crippen molar-refractivity contribution in [1.82, 2.24) is 10.2 Å². The topological polar surface area (TPSA) is 134 Å². The molecule has 0 spiro atoms. The number of amides is 1. The van der Waals surface area contributed by atoms with Crippen LogP contribution in [0.1, 0.15) is 37.7 Å². The molecule has 2 aromatic carbocycles. The number of rotatable bonds is 8. The van der Waals surface area contributed by atoms with Crippen LogP contribution in [0.3, 0.4) is 0 Å². The van der Waals surface area contributed by atoms with Crippen LogP contribution in [0.15, 0.2) is 80.0 Å². The van der Waals surface area contributed by atoms with E-state index in [2.05, 4.69) is 37.5 Å². The SMILES string of the molecule is CCOc1ccc(C2C(C#N)=C(N)N(c3nnc(SCC(=O)Nc4cccc(Br)c4)s3)C3=C2C(=O)CCC3)cc1. The number of nitrogens with one attached hydrogen (secondary N) is 1. The number of aromatic nitrogens is 2. The summed E-state index contributed by atoms with van der Waals surface area (Å²) >= 11 is 5.91. The Bertz CT molecular complexity index is 1560. The number of nitrogens with two attached hydrogens (primary N) is 1. The minimum absolute atomic E-state index is 0.00582. The van der Waals surface area contributed by atoms with E-state index in [1.54, 1.807) is 4.90 Å². The average molecular weight is 638 g/mol. The third kappa shape index (κ3) is 5.77. The van der Waals surface area contributed by atoms with Gasteiger partial charge in [0.1, 0.15) is 11.6 Å². The van der Waals surface area contributed by atoms with Gasteiger partial charge < -0.3 is 15.8 Å². The third-order valence-electron chi connectivity index (χ3n) is 6.46. The molecule has 0 fully saturated rings. The van der Waals surface area contributed by atoms with Gasteiger partial charge in [-0.25, -0.2) is 0 Å². The fourth-order valence-electron chi connectivity index (χ4n) is 4.80. The zero-order valence-electron chi connectivity index (χ0n) is 21.5. The van der Waals surface area contributed by atoms with Crippen LogP contribution < -0.4 is 20.7 Å². The second-order valence-electron chi connectivity index (χ2n) is 9.02. The van der Waals surface area contributed by atoms with E-state index in [9.17, 15) is 14.9 Å². The summed E-state index contributed by atoms with van der Waals surface area (Å²) in [4.78, 5) is 27.5. The highest BCUT2D eigenvalue weighted by Crippen LogP contribution is 2.47. The Kier molecular flexibility index (Phi) is 8.54. The van der Waals surface area contributed by atoms with Gasteiger partial charge in [0, 0.05) is 27.9 Å². The van der Waals surface area contributed by atoms with Crippen LogP contribution in [0.2, 0.25) is 0 Å². The molecule has 1 atom stereocenters. The molecule has 1 aliphatic carbocycles. The van der Waals surface area contributed by atoms with Crippen LogP contribution in [0, 0.1) is 11.3 Å². The molecule has 1 unspecified atom stereocenters. The van der Waals surface area contributed by atoms with Crippen molar-refractivity contribution in [2.75, 3.05) is 22.6 Å². The molecule has 0 radical (unpaired) electrons. The number of hydrogen-bond donors (Lipinski definition) is 2. The predicted molar refractivity (Wildman–Crippen MR) is 159 cm³/mol. The van der Waals surface area contributed by atoms with Crippen molar-refractivity contribution in [2.24, 2.45) is 5.73 Å². The first-order valence-electron chi connectivity index (χ1n) is 12.6. The van der Waals surface area contributed by atoms with E-state index in [0.29, 0.717) is 52.4 Å². The van der Waals surface area contributed by atoms with Gasteiger partial charge in [-0.2, -0.15) is 5.26 Å². The number of nitriles is 1. The lowest BCUT2D eigenvalue weighted by Gasteiger charge is -2.38. The van der Waals surface area contributed by atoms with Crippen LogP contribution in [0.4, 0.5) is 10.8 Å². The first-order valence-corrected chi connectivity index (χ1v) is 15.2. The van der Waals surface area contributed by atoms with Crippen LogP contribution in [-0.2, 0) is 9.59 Å². The summed E-state index contributed by atoms with van der Waals surface area (Å²) in [5.74, 6) is 0.340. The summed E-state index contributed by atoms with van der Waals surface area (Å²) in [6.45, 7) is 2.45. The third-order valence-corrected chi connectivity index (χ3v) is 8.99. The van der Waals surface area contributed by atoms with Crippen molar-refractivity contribution < 1.29 is 14.3 Å². The number of thioether (sulfide) groups is 1. The van der Waals surface area contributed by atoms with Crippen molar-refractivity contribution in [2.45, 2.75) is 36.4 Å². The summed E-state index contributed by atoms with van der Waals surface area (Å²) in [7, 11) is 0. The number of carbonyl (C=O) groups excluding carboxylic acids is 2. The Labute approximate surface area is 248 Å². The van der Waals surface area contributed by atoms with Crippen LogP contribution in [0.25, 0.3) is 0 Å². The first kappa shape index (κ1) is 27.9. The van der Waals surface area contributed by atoms with Gasteiger partial charge in [0.15, 0.2) is 10.1 Å². The molecule has 12 heteroatoms. The maximum Gasteiger partial charge on any atom is 0.234 e. The first-order chi connectivity index (χ1) is 19.4. The van der Waals surface area contributed by atoms with Gasteiger partial charge in [0.25, 0.3) is 0 Å². The summed E-state index contributed by atoms with van der Waals surface area (Å²) in [5.41, 5.74) is 9.72. The predicted octanol–water partition coefficient (Wildman–Crippen LogP) is 5.73. The highest BCUT2D eigenvalue weighted by atomic mass is 79.9. The lowest BCUT2D eigenvalue weighted by Crippen LogP contribution is -2.38. The molecule has 2 heterocycles. The van der Waals surface area contributed by atoms with Gasteiger partial charge in [-0.1, -0.05) is 57.2 Å². The Hall–Kier alpha value is -3.66. The van der Waals surface area contributed by atoms with Gasteiger partial charge in [-0.15, -0.1) is 10.2 Å². The summed E-state index contributed by atoms with van der Waals surface area (Å²) in [5, 5.41) is 22.1. The molecule has 1 amide bonds. The summed E-state index contributed by atoms with van der Waals surface area (Å²) in [6.07, 6.45) is 1.70. The Balaban J connectivity index is 1.41. The zero-order chi connectivity index (χ0) is 28.2. The van der Waals surface area contributed by atoms with E-state index < -0.39 is 5.92 Å². The Morgan fingerprint density at radius 1 is 1.27 bits per heavy atom. The second kappa shape index (κ2) is 12.2. The van der Waals surface area contributed by atoms with Gasteiger partial charge in [-0.3, -0.25) is 14.5 Å². The lowest BCUT2D eigenvalue weighted by atomic mass is 9.76. The number of benzene rings is 2. The number of carbonyl (C=O) groups is 2. The molecule has 5 rings (SSSR count). The van der Waals surface area contributed by atoms with Crippen LogP contribution in [-0.4, -0.2) is 34.2 Å². The van der Waals surface area contributed by atoms with Gasteiger partial charge >= 0.3 is 0 Å². The molecule has 3 N–H and O–H groups in total. The van der Waals surface area contributed by atoms with E-state index in [-0.39, 0.29) is 28.8 Å². The fraction of sp³-hybridized carbons (Fsp3) is 0.250. The zero-order valence-corrected chi connectivity index (χ0v) is 24.7. The minimum atomic E-state index is -0.566. The maximum atomic E-state index is 13.3. The van der Waals surface area contributed by atoms with Gasteiger partial charge in [-0.05, 0) is 55.7 Å². The molecule has 0 saturated carbocycles. The normalized spacial score (nSPS) is 17.0. The second-order valence-corrected chi connectivity index (χ2v) is 12.1. The van der Waals surface area contributed by atoms with Crippen molar-refractivity contribution >= 4 is 61.5 Å². The molecule has 0 bridgehead atoms. The molecule has 1 aromatic heterocycles. The number of ketones is 1. The van der Waals surface area contributed by atoms with E-state index in [1.807, 2.05) is 55.5 Å². The van der Waals surface area contributed by atoms with E-state index in [4.69, 9.17) is 10.5 Å². The molecular weight excluding hydrogens is 612 g/mol. The molecule has 1 aliphatic heterocycles. The Morgan fingerprint density at radius 3 is 2.80 bits per heavy atom. The largest absolute Gasteiger partial charge is 0.494 e. The molecule has 204 valence electrons. The number of hydrogen-bond acceptors (Lipinski definition) is 10. The summed E-state index contributed by atoms with van der Waals surface area (Å²) in [6, 6.07) is 17.0. The smallest absolute Gasteiger partial charge is 0.234 e. The van der Waals surface area contributed by atoms with Crippen molar-refractivity contribution in [3.8, 4) is 11.8 Å². The van der Waals surface area contributed by atoms with Crippen molar-refractivity contribution in [1.29, 1.82) is 5.26 Å². The lowest BCUT2D eigenvalue weighted by molar-refractivity contribution is -0.116. The number of nitrogens with zero attached hydrogens (tertiary/aromatic N) is 4. The fourth-order valence-corrected chi connectivity index (χ4v) is 6.88. The van der Waals surface area contributed by atoms with Gasteiger partial charge in [0.2, 0.25) is 11.0 Å². The van der Waals surface area contributed by atoms with Gasteiger partial charge in [0.05, 0.1) is 29.9 Å². The number of anilines is 2. The molecule has 0 saturated heterocycles. The average Bonchev–Trinajstić information content (AvgIpc) is 3.40. The maximum absolute atomic E-state index is 13.3. The molecule has 3 aromatic rings. The van der Waals surface area contributed by atoms with Crippen molar-refractivity contribution in [3.63, 3.8) is 0 Å². The number of halogens is 1. The molecule has 9 nitrogen and oxygen atoms in total. The highest BCUT2D eigenvalue weighted by Gasteiger charge is 2.41. The standard InChI is InChI=1S/C28H25BrN6O3S2/c1-2-38-19-11-9-16(10-12-19)24-20(14-30)26(31)35(21-7-4-8-22(36)25(21)24)27-33-34-28(40-27)39-15-23(37)32-18-6-3-5-17(29)13-18/h3,5-6,9-13,24H,2,4,7-8,15,31H2,1H3,(H,32,37). The van der Waals surface area contributed by atoms with Crippen molar-refractivity contribution in [3.05, 3.63) is 81.2 Å². The minimum Gasteiger partial charge on any atom is -0.494 e. The molecular formula is C28H25BrN6O3S2. The highest BCUT2D eigenvalue weighted by molar-refractivity contribution is 9.10. The number of ether oxygens (including phenoxy) is 1. The quantitative estimate of drug-likeness (QED) is 0.297. The van der Waals surface area contributed by atoms with E-state index >= 15 is 0 Å². The van der Waals surface area contributed by atoms with Crippen LogP contribution in [0.5, 0.6) is 5.75 Å². The number of Topliss-reactive ketones (excluding diaryl/α,β-unsaturated/α-hetero) is 1. The summed E-state index contributed by atoms with van der Waals surface area (Å²) < 4.78 is 7.01. The monoisotopic (exact) mass is 636 g/mol. The molecule has 2 aliphatic rings.